The second-order valence-corrected chi connectivity index (χ2v) is 11.2. The topological polar surface area (TPSA) is 88.2 Å². The molecule has 1 aromatic heterocycles. The number of nitrogens with zero attached hydrogens (tertiary/aromatic N) is 2. The summed E-state index contributed by atoms with van der Waals surface area (Å²) in [7, 11) is 0. The van der Waals surface area contributed by atoms with E-state index < -0.39 is 29.4 Å². The fourth-order valence-electron chi connectivity index (χ4n) is 6.51. The molecule has 2 fully saturated rings. The summed E-state index contributed by atoms with van der Waals surface area (Å²) in [5.74, 6) is -1.22. The second kappa shape index (κ2) is 11.2. The molecule has 6 nitrogen and oxygen atoms in total. The van der Waals surface area contributed by atoms with Crippen LogP contribution in [0.2, 0.25) is 0 Å². The molecule has 2 saturated carbocycles. The lowest BCUT2D eigenvalue weighted by atomic mass is 9.72. The molecular formula is C29H33F4N3O3. The molecule has 0 radical (unpaired) electrons. The van der Waals surface area contributed by atoms with Crippen molar-refractivity contribution in [2.45, 2.75) is 94.1 Å². The molecule has 3 aromatic rings. The van der Waals surface area contributed by atoms with Gasteiger partial charge in [0.15, 0.2) is 0 Å². The van der Waals surface area contributed by atoms with Crippen LogP contribution in [0.3, 0.4) is 0 Å². The first-order valence-corrected chi connectivity index (χ1v) is 13.7. The SMILES string of the molecule is O=C(O)C[C@@H]1CC[C@@H](NC(Cc2ccc3nonc3c2)C2(F)CCCCC2)[C@H](c2ccc(C(F)(F)F)cc2)C1. The number of carboxylic acids is 1. The molecule has 2 N–H and O–H groups in total. The van der Waals surface area contributed by atoms with Crippen LogP contribution in [-0.4, -0.2) is 39.1 Å². The maximum Gasteiger partial charge on any atom is 0.416 e. The van der Waals surface area contributed by atoms with Gasteiger partial charge in [-0.1, -0.05) is 37.5 Å². The number of carboxylic acid groups (broad SMARTS) is 1. The molecule has 0 amide bonds. The van der Waals surface area contributed by atoms with E-state index in [0.717, 1.165) is 37.0 Å². The van der Waals surface area contributed by atoms with Crippen molar-refractivity contribution >= 4 is 17.0 Å². The van der Waals surface area contributed by atoms with Gasteiger partial charge in [-0.2, -0.15) is 13.2 Å². The monoisotopic (exact) mass is 547 g/mol. The van der Waals surface area contributed by atoms with E-state index in [1.165, 1.54) is 12.1 Å². The minimum atomic E-state index is -4.44. The predicted molar refractivity (Wildman–Crippen MR) is 137 cm³/mol. The van der Waals surface area contributed by atoms with Crippen molar-refractivity contribution in [2.24, 2.45) is 5.92 Å². The third kappa shape index (κ3) is 6.42. The zero-order valence-electron chi connectivity index (χ0n) is 21.6. The summed E-state index contributed by atoms with van der Waals surface area (Å²) in [5, 5.41) is 20.8. The Morgan fingerprint density at radius 2 is 1.77 bits per heavy atom. The minimum Gasteiger partial charge on any atom is -0.481 e. The largest absolute Gasteiger partial charge is 0.481 e. The summed E-state index contributed by atoms with van der Waals surface area (Å²) in [6.45, 7) is 0. The lowest BCUT2D eigenvalue weighted by Crippen LogP contribution is -2.55. The summed E-state index contributed by atoms with van der Waals surface area (Å²) < 4.78 is 61.0. The maximum atomic E-state index is 16.6. The van der Waals surface area contributed by atoms with E-state index >= 15 is 4.39 Å². The Morgan fingerprint density at radius 3 is 2.46 bits per heavy atom. The second-order valence-electron chi connectivity index (χ2n) is 11.2. The summed E-state index contributed by atoms with van der Waals surface area (Å²) in [5.41, 5.74) is 0.659. The number of hydrogen-bond donors (Lipinski definition) is 2. The van der Waals surface area contributed by atoms with Crippen LogP contribution in [-0.2, 0) is 17.4 Å². The Bertz CT molecular complexity index is 1270. The molecule has 5 rings (SSSR count). The zero-order valence-corrected chi connectivity index (χ0v) is 21.6. The minimum absolute atomic E-state index is 0.00603. The number of benzene rings is 2. The molecule has 2 aliphatic carbocycles. The van der Waals surface area contributed by atoms with Crippen molar-refractivity contribution in [1.82, 2.24) is 15.6 Å². The number of rotatable bonds is 8. The Morgan fingerprint density at radius 1 is 1.05 bits per heavy atom. The molecule has 0 spiro atoms. The van der Waals surface area contributed by atoms with Crippen molar-refractivity contribution < 1.29 is 32.1 Å². The molecule has 2 aliphatic rings. The van der Waals surface area contributed by atoms with E-state index in [9.17, 15) is 23.1 Å². The fourth-order valence-corrected chi connectivity index (χ4v) is 6.51. The highest BCUT2D eigenvalue weighted by molar-refractivity contribution is 5.73. The molecule has 210 valence electrons. The van der Waals surface area contributed by atoms with Crippen molar-refractivity contribution in [2.75, 3.05) is 0 Å². The highest BCUT2D eigenvalue weighted by Crippen LogP contribution is 2.42. The van der Waals surface area contributed by atoms with Gasteiger partial charge in [0.25, 0.3) is 0 Å². The van der Waals surface area contributed by atoms with Crippen LogP contribution in [0, 0.1) is 5.92 Å². The van der Waals surface area contributed by atoms with Crippen LogP contribution in [0.1, 0.15) is 80.4 Å². The number of hydrogen-bond acceptors (Lipinski definition) is 5. The summed E-state index contributed by atoms with van der Waals surface area (Å²) in [4.78, 5) is 11.4. The van der Waals surface area contributed by atoms with Crippen molar-refractivity contribution in [3.05, 3.63) is 59.2 Å². The number of halogens is 4. The predicted octanol–water partition coefficient (Wildman–Crippen LogP) is 6.84. The van der Waals surface area contributed by atoms with Crippen molar-refractivity contribution in [1.29, 1.82) is 0 Å². The fraction of sp³-hybridized carbons (Fsp3) is 0.552. The van der Waals surface area contributed by atoms with E-state index in [2.05, 4.69) is 15.6 Å². The lowest BCUT2D eigenvalue weighted by molar-refractivity contribution is -0.139. The van der Waals surface area contributed by atoms with Crippen LogP contribution in [0.5, 0.6) is 0 Å². The number of alkyl halides is 4. The molecule has 4 atom stereocenters. The molecule has 39 heavy (non-hydrogen) atoms. The van der Waals surface area contributed by atoms with Gasteiger partial charge in [-0.15, -0.1) is 0 Å². The number of fused-ring (bicyclic) bond motifs is 1. The van der Waals surface area contributed by atoms with Crippen LogP contribution < -0.4 is 5.32 Å². The van der Waals surface area contributed by atoms with E-state index in [4.69, 9.17) is 4.63 Å². The third-order valence-corrected chi connectivity index (χ3v) is 8.57. The Kier molecular flexibility index (Phi) is 7.94. The quantitative estimate of drug-likeness (QED) is 0.300. The summed E-state index contributed by atoms with van der Waals surface area (Å²) in [6, 6.07) is 9.93. The normalized spacial score (nSPS) is 24.5. The molecule has 2 aromatic carbocycles. The van der Waals surface area contributed by atoms with Gasteiger partial charge in [-0.05, 0) is 96.1 Å². The van der Waals surface area contributed by atoms with Gasteiger partial charge in [0, 0.05) is 18.5 Å². The van der Waals surface area contributed by atoms with Gasteiger partial charge in [-0.25, -0.2) is 9.02 Å². The van der Waals surface area contributed by atoms with Crippen LogP contribution in [0.15, 0.2) is 47.1 Å². The number of carbonyl (C=O) groups is 1. The molecule has 0 aliphatic heterocycles. The maximum absolute atomic E-state index is 16.6. The standard InChI is InChI=1S/C29H33F4N3O3/c30-28(12-2-1-3-13-28)26(16-19-5-11-24-25(15-19)36-39-35-24)34-23-10-4-18(17-27(37)38)14-22(23)20-6-8-21(9-7-20)29(31,32)33/h5-9,11,15,18,22-23,26,34H,1-4,10,12-14,16-17H2,(H,37,38)/t18-,22+,23-,26?/m1/s1. The average Bonchev–Trinajstić information content (AvgIpc) is 3.37. The van der Waals surface area contributed by atoms with Crippen molar-refractivity contribution in [3.63, 3.8) is 0 Å². The molecule has 10 heteroatoms. The number of aliphatic carboxylic acids is 1. The Hall–Kier alpha value is -3.01. The van der Waals surface area contributed by atoms with Gasteiger partial charge in [-0.3, -0.25) is 4.79 Å². The van der Waals surface area contributed by atoms with E-state index in [-0.39, 0.29) is 24.3 Å². The van der Waals surface area contributed by atoms with Crippen LogP contribution >= 0.6 is 0 Å². The first kappa shape index (κ1) is 27.6. The first-order valence-electron chi connectivity index (χ1n) is 13.7. The summed E-state index contributed by atoms with van der Waals surface area (Å²) >= 11 is 0. The highest BCUT2D eigenvalue weighted by Gasteiger charge is 2.43. The zero-order chi connectivity index (χ0) is 27.6. The van der Waals surface area contributed by atoms with E-state index in [1.807, 2.05) is 12.1 Å². The first-order chi connectivity index (χ1) is 18.6. The Balaban J connectivity index is 1.43. The van der Waals surface area contributed by atoms with E-state index in [0.29, 0.717) is 55.1 Å². The molecule has 1 unspecified atom stereocenters. The summed E-state index contributed by atoms with van der Waals surface area (Å²) in [6.07, 6.45) is 1.23. The molecular weight excluding hydrogens is 514 g/mol. The smallest absolute Gasteiger partial charge is 0.416 e. The lowest BCUT2D eigenvalue weighted by Gasteiger charge is -2.44. The van der Waals surface area contributed by atoms with Crippen molar-refractivity contribution in [3.8, 4) is 0 Å². The Labute approximate surface area is 224 Å². The van der Waals surface area contributed by atoms with Crippen LogP contribution in [0.4, 0.5) is 17.6 Å². The number of aromatic nitrogens is 2. The average molecular weight is 548 g/mol. The van der Waals surface area contributed by atoms with Crippen LogP contribution in [0.25, 0.3) is 11.0 Å². The third-order valence-electron chi connectivity index (χ3n) is 8.57. The molecule has 0 bridgehead atoms. The molecule has 0 saturated heterocycles. The van der Waals surface area contributed by atoms with E-state index in [1.54, 1.807) is 6.07 Å². The molecule has 1 heterocycles. The van der Waals surface area contributed by atoms with Gasteiger partial charge < -0.3 is 10.4 Å². The van der Waals surface area contributed by atoms with Gasteiger partial charge in [0.05, 0.1) is 5.56 Å². The number of nitrogens with one attached hydrogen (secondary N) is 1. The van der Waals surface area contributed by atoms with Gasteiger partial charge in [0.1, 0.15) is 16.7 Å². The highest BCUT2D eigenvalue weighted by atomic mass is 19.4. The van der Waals surface area contributed by atoms with Gasteiger partial charge >= 0.3 is 12.1 Å². The van der Waals surface area contributed by atoms with Gasteiger partial charge in [0.2, 0.25) is 0 Å².